The molecule has 1 aliphatic heterocycles. The van der Waals surface area contributed by atoms with E-state index in [1.54, 1.807) is 18.2 Å². The highest BCUT2D eigenvalue weighted by atomic mass is 32.2. The topological polar surface area (TPSA) is 56.3 Å². The highest BCUT2D eigenvalue weighted by Crippen LogP contribution is 2.28. The standard InChI is InChI=1S/C17H18FNO3S2/c1-24(20,21)14-6-4-12(5-7-14)16-9-8-15(18)17(19-16)22-11-13-3-2-10-23-13/h4-9,13H,2-3,10-11H2,1H3. The van der Waals surface area contributed by atoms with Gasteiger partial charge in [-0.25, -0.2) is 17.8 Å². The van der Waals surface area contributed by atoms with Gasteiger partial charge in [-0.2, -0.15) is 11.8 Å². The summed E-state index contributed by atoms with van der Waals surface area (Å²) in [6.45, 7) is 0.449. The molecule has 0 amide bonds. The van der Waals surface area contributed by atoms with E-state index in [0.29, 0.717) is 23.1 Å². The Morgan fingerprint density at radius 1 is 1.25 bits per heavy atom. The van der Waals surface area contributed by atoms with Crippen molar-refractivity contribution in [3.63, 3.8) is 0 Å². The van der Waals surface area contributed by atoms with Gasteiger partial charge in [0.15, 0.2) is 15.7 Å². The summed E-state index contributed by atoms with van der Waals surface area (Å²) in [6, 6.07) is 9.24. The van der Waals surface area contributed by atoms with Gasteiger partial charge < -0.3 is 4.74 Å². The molecule has 0 saturated carbocycles. The van der Waals surface area contributed by atoms with E-state index < -0.39 is 15.7 Å². The molecule has 0 bridgehead atoms. The molecule has 1 aromatic carbocycles. The van der Waals surface area contributed by atoms with Gasteiger partial charge in [0.05, 0.1) is 10.6 Å². The van der Waals surface area contributed by atoms with Crippen molar-refractivity contribution in [3.05, 3.63) is 42.2 Å². The lowest BCUT2D eigenvalue weighted by atomic mass is 10.1. The summed E-state index contributed by atoms with van der Waals surface area (Å²) in [6.07, 6.45) is 3.41. The van der Waals surface area contributed by atoms with Crippen molar-refractivity contribution >= 4 is 21.6 Å². The lowest BCUT2D eigenvalue weighted by Crippen LogP contribution is -2.12. The van der Waals surface area contributed by atoms with Gasteiger partial charge in [-0.15, -0.1) is 0 Å². The Labute approximate surface area is 145 Å². The van der Waals surface area contributed by atoms with Gasteiger partial charge >= 0.3 is 0 Å². The third-order valence-corrected chi connectivity index (χ3v) is 6.32. The van der Waals surface area contributed by atoms with Crippen molar-refractivity contribution in [2.45, 2.75) is 23.0 Å². The fraction of sp³-hybridized carbons (Fsp3) is 0.353. The number of rotatable bonds is 5. The molecule has 24 heavy (non-hydrogen) atoms. The van der Waals surface area contributed by atoms with Gasteiger partial charge in [0, 0.05) is 17.1 Å². The number of hydrogen-bond donors (Lipinski definition) is 0. The number of sulfone groups is 1. The first-order valence-electron chi connectivity index (χ1n) is 7.65. The van der Waals surface area contributed by atoms with Crippen LogP contribution in [0.3, 0.4) is 0 Å². The van der Waals surface area contributed by atoms with Crippen LogP contribution in [0.4, 0.5) is 4.39 Å². The second-order valence-corrected chi connectivity index (χ2v) is 9.15. The van der Waals surface area contributed by atoms with Crippen LogP contribution in [0.1, 0.15) is 12.8 Å². The maximum atomic E-state index is 13.9. The molecule has 3 rings (SSSR count). The zero-order valence-electron chi connectivity index (χ0n) is 13.2. The summed E-state index contributed by atoms with van der Waals surface area (Å²) >= 11 is 1.84. The van der Waals surface area contributed by atoms with Crippen LogP contribution in [0.15, 0.2) is 41.3 Å². The second-order valence-electron chi connectivity index (χ2n) is 5.73. The van der Waals surface area contributed by atoms with Crippen LogP contribution < -0.4 is 4.74 Å². The van der Waals surface area contributed by atoms with Gasteiger partial charge in [-0.1, -0.05) is 12.1 Å². The lowest BCUT2D eigenvalue weighted by Gasteiger charge is -2.12. The predicted octanol–water partition coefficient (Wildman–Crippen LogP) is 3.57. The molecule has 0 N–H and O–H groups in total. The van der Waals surface area contributed by atoms with Crippen molar-refractivity contribution in [1.29, 1.82) is 0 Å². The Bertz CT molecular complexity index is 816. The first-order chi connectivity index (χ1) is 11.4. The molecule has 7 heteroatoms. The Balaban J connectivity index is 1.79. The van der Waals surface area contributed by atoms with Crippen molar-refractivity contribution in [3.8, 4) is 17.1 Å². The van der Waals surface area contributed by atoms with Crippen molar-refractivity contribution < 1.29 is 17.5 Å². The number of aromatic nitrogens is 1. The zero-order chi connectivity index (χ0) is 17.2. The molecule has 1 saturated heterocycles. The fourth-order valence-electron chi connectivity index (χ4n) is 2.51. The molecule has 0 radical (unpaired) electrons. The van der Waals surface area contributed by atoms with Crippen LogP contribution in [0.25, 0.3) is 11.3 Å². The van der Waals surface area contributed by atoms with E-state index in [-0.39, 0.29) is 10.8 Å². The van der Waals surface area contributed by atoms with Crippen LogP contribution in [-0.2, 0) is 9.84 Å². The van der Waals surface area contributed by atoms with Crippen molar-refractivity contribution in [2.24, 2.45) is 0 Å². The zero-order valence-corrected chi connectivity index (χ0v) is 14.9. The molecule has 2 aromatic rings. The first-order valence-corrected chi connectivity index (χ1v) is 10.6. The van der Waals surface area contributed by atoms with E-state index in [1.807, 2.05) is 11.8 Å². The molecule has 0 aliphatic carbocycles. The molecule has 1 unspecified atom stereocenters. The summed E-state index contributed by atoms with van der Waals surface area (Å²) in [4.78, 5) is 4.48. The van der Waals surface area contributed by atoms with E-state index in [0.717, 1.165) is 18.4 Å². The molecule has 0 spiro atoms. The molecular formula is C17H18FNO3S2. The van der Waals surface area contributed by atoms with Crippen LogP contribution >= 0.6 is 11.8 Å². The minimum absolute atomic E-state index is 0.00723. The van der Waals surface area contributed by atoms with Crippen LogP contribution in [0.5, 0.6) is 5.88 Å². The largest absolute Gasteiger partial charge is 0.474 e. The van der Waals surface area contributed by atoms with E-state index >= 15 is 0 Å². The number of pyridine rings is 1. The molecular weight excluding hydrogens is 349 g/mol. The molecule has 128 valence electrons. The van der Waals surface area contributed by atoms with Crippen LogP contribution in [0, 0.1) is 5.82 Å². The average molecular weight is 367 g/mol. The van der Waals surface area contributed by atoms with Gasteiger partial charge in [0.1, 0.15) is 6.61 Å². The number of thioether (sulfide) groups is 1. The number of hydrogen-bond acceptors (Lipinski definition) is 5. The summed E-state index contributed by atoms with van der Waals surface area (Å²) in [7, 11) is -3.24. The van der Waals surface area contributed by atoms with Crippen LogP contribution in [0.2, 0.25) is 0 Å². The highest BCUT2D eigenvalue weighted by Gasteiger charge is 2.18. The molecule has 4 nitrogen and oxygen atoms in total. The maximum Gasteiger partial charge on any atom is 0.251 e. The molecule has 1 atom stereocenters. The number of benzene rings is 1. The van der Waals surface area contributed by atoms with Gasteiger partial charge in [0.2, 0.25) is 0 Å². The highest BCUT2D eigenvalue weighted by molar-refractivity contribution is 8.00. The SMILES string of the molecule is CS(=O)(=O)c1ccc(-c2ccc(F)c(OCC3CCCS3)n2)cc1. The summed E-state index contributed by atoms with van der Waals surface area (Å²) in [5, 5.41) is 0.393. The molecule has 1 fully saturated rings. The molecule has 1 aromatic heterocycles. The summed E-state index contributed by atoms with van der Waals surface area (Å²) in [5.41, 5.74) is 1.26. The van der Waals surface area contributed by atoms with Gasteiger partial charge in [0.25, 0.3) is 5.88 Å². The van der Waals surface area contributed by atoms with Crippen molar-refractivity contribution in [1.82, 2.24) is 4.98 Å². The van der Waals surface area contributed by atoms with E-state index in [2.05, 4.69) is 4.98 Å². The predicted molar refractivity (Wildman–Crippen MR) is 93.7 cm³/mol. The fourth-order valence-corrected chi connectivity index (χ4v) is 4.30. The Hall–Kier alpha value is -1.60. The minimum atomic E-state index is -3.24. The second kappa shape index (κ2) is 7.11. The van der Waals surface area contributed by atoms with E-state index in [4.69, 9.17) is 4.74 Å². The van der Waals surface area contributed by atoms with Gasteiger partial charge in [-0.05, 0) is 42.9 Å². The van der Waals surface area contributed by atoms with Gasteiger partial charge in [-0.3, -0.25) is 0 Å². The minimum Gasteiger partial charge on any atom is -0.474 e. The van der Waals surface area contributed by atoms with E-state index in [9.17, 15) is 12.8 Å². The van der Waals surface area contributed by atoms with E-state index in [1.165, 1.54) is 24.6 Å². The Kier molecular flexibility index (Phi) is 5.10. The third kappa shape index (κ3) is 4.08. The Morgan fingerprint density at radius 2 is 2.00 bits per heavy atom. The first kappa shape index (κ1) is 17.2. The molecule has 2 heterocycles. The summed E-state index contributed by atoms with van der Waals surface area (Å²) < 4.78 is 42.5. The number of halogens is 1. The lowest BCUT2D eigenvalue weighted by molar-refractivity contribution is 0.287. The normalized spacial score (nSPS) is 17.8. The molecule has 1 aliphatic rings. The monoisotopic (exact) mass is 367 g/mol. The quantitative estimate of drug-likeness (QED) is 0.809. The third-order valence-electron chi connectivity index (χ3n) is 3.82. The smallest absolute Gasteiger partial charge is 0.251 e. The Morgan fingerprint density at radius 3 is 2.62 bits per heavy atom. The van der Waals surface area contributed by atoms with Crippen LogP contribution in [-0.4, -0.2) is 37.3 Å². The van der Waals surface area contributed by atoms with Crippen molar-refractivity contribution in [2.75, 3.05) is 18.6 Å². The average Bonchev–Trinajstić information content (AvgIpc) is 3.07. The number of nitrogens with zero attached hydrogens (tertiary/aromatic N) is 1. The number of ether oxygens (including phenoxy) is 1. The maximum absolute atomic E-state index is 13.9. The summed E-state index contributed by atoms with van der Waals surface area (Å²) in [5.74, 6) is 0.623.